The summed E-state index contributed by atoms with van der Waals surface area (Å²) in [6.45, 7) is 4.71. The van der Waals surface area contributed by atoms with E-state index in [0.29, 0.717) is 0 Å². The smallest absolute Gasteiger partial charge is 0.0314 e. The van der Waals surface area contributed by atoms with Gasteiger partial charge in [0.25, 0.3) is 0 Å². The zero-order valence-electron chi connectivity index (χ0n) is 19.6. The summed E-state index contributed by atoms with van der Waals surface area (Å²) in [6.07, 6.45) is 0. The third kappa shape index (κ3) is 2.93. The molecule has 7 rings (SSSR count). The molecule has 0 radical (unpaired) electrons. The number of hydrogen-bond acceptors (Lipinski definition) is 1. The van der Waals surface area contributed by atoms with E-state index in [0.717, 1.165) is 14.9 Å². The minimum Gasteiger partial charge on any atom is -0.142 e. The van der Waals surface area contributed by atoms with Crippen molar-refractivity contribution in [2.24, 2.45) is 0 Å². The Morgan fingerprint density at radius 3 is 1.97 bits per heavy atom. The van der Waals surface area contributed by atoms with Gasteiger partial charge in [-0.05, 0) is 106 Å². The molecule has 1 aliphatic carbocycles. The molecule has 168 valence electrons. The normalized spacial score (nSPS) is 13.9. The molecule has 0 aromatic heterocycles. The van der Waals surface area contributed by atoms with Gasteiger partial charge < -0.3 is 0 Å². The van der Waals surface area contributed by atoms with Crippen molar-refractivity contribution >= 4 is 60.9 Å². The summed E-state index contributed by atoms with van der Waals surface area (Å²) in [5, 5.41) is 7.82. The van der Waals surface area contributed by atoms with Gasteiger partial charge in [-0.25, -0.2) is 0 Å². The van der Waals surface area contributed by atoms with Crippen molar-refractivity contribution in [1.29, 1.82) is 0 Å². The minimum atomic E-state index is -0.0186. The molecule has 6 aromatic carbocycles. The van der Waals surface area contributed by atoms with Crippen LogP contribution in [0.1, 0.15) is 25.0 Å². The maximum absolute atomic E-state index is 4.79. The zero-order chi connectivity index (χ0) is 23.9. The second-order valence-electron chi connectivity index (χ2n) is 10.1. The standard InChI is InChI=1S/C33H23BrS/c1-33(2)29-12-6-5-10-24(29)28-17-26-22-9-4-3-8-21(22)25-16-19(20-11-7-13-31(34)32(20)35)14-15-23(25)27(26)18-30(28)33/h3-18,35H,1-2H3. The molecule has 0 fully saturated rings. The highest BCUT2D eigenvalue weighted by Crippen LogP contribution is 2.51. The molecule has 0 nitrogen and oxygen atoms in total. The number of thiol groups is 1. The van der Waals surface area contributed by atoms with E-state index in [9.17, 15) is 0 Å². The van der Waals surface area contributed by atoms with E-state index in [1.54, 1.807) is 0 Å². The largest absolute Gasteiger partial charge is 0.142 e. The van der Waals surface area contributed by atoms with Gasteiger partial charge >= 0.3 is 0 Å². The summed E-state index contributed by atoms with van der Waals surface area (Å²) in [7, 11) is 0. The summed E-state index contributed by atoms with van der Waals surface area (Å²) in [6, 6.07) is 35.7. The monoisotopic (exact) mass is 530 g/mol. The third-order valence-electron chi connectivity index (χ3n) is 7.84. The molecule has 1 aliphatic rings. The Morgan fingerprint density at radius 2 is 1.17 bits per heavy atom. The fraction of sp³-hybridized carbons (Fsp3) is 0.0909. The van der Waals surface area contributed by atoms with Crippen molar-refractivity contribution < 1.29 is 0 Å². The fourth-order valence-corrected chi connectivity index (χ4v) is 6.71. The average Bonchev–Trinajstić information content (AvgIpc) is 3.11. The molecule has 0 saturated heterocycles. The Labute approximate surface area is 219 Å². The Morgan fingerprint density at radius 1 is 0.543 bits per heavy atom. The molecule has 0 spiro atoms. The van der Waals surface area contributed by atoms with E-state index >= 15 is 0 Å². The van der Waals surface area contributed by atoms with Crippen molar-refractivity contribution in [3.8, 4) is 22.3 Å². The van der Waals surface area contributed by atoms with Gasteiger partial charge in [0.15, 0.2) is 0 Å². The molecule has 0 amide bonds. The van der Waals surface area contributed by atoms with Gasteiger partial charge in [0.2, 0.25) is 0 Å². The minimum absolute atomic E-state index is 0.0186. The summed E-state index contributed by atoms with van der Waals surface area (Å²) < 4.78 is 1.01. The first-order chi connectivity index (χ1) is 16.9. The zero-order valence-corrected chi connectivity index (χ0v) is 22.0. The summed E-state index contributed by atoms with van der Waals surface area (Å²) >= 11 is 8.43. The quantitative estimate of drug-likeness (QED) is 0.158. The lowest BCUT2D eigenvalue weighted by Gasteiger charge is -2.22. The second kappa shape index (κ2) is 7.46. The number of benzene rings is 6. The molecule has 0 N–H and O–H groups in total. The molecule has 0 bridgehead atoms. The van der Waals surface area contributed by atoms with E-state index in [4.69, 9.17) is 12.6 Å². The fourth-order valence-electron chi connectivity index (χ4n) is 6.06. The van der Waals surface area contributed by atoms with E-state index in [-0.39, 0.29) is 5.41 Å². The van der Waals surface area contributed by atoms with Crippen LogP contribution in [0.3, 0.4) is 0 Å². The van der Waals surface area contributed by atoms with Gasteiger partial charge in [-0.1, -0.05) is 86.6 Å². The predicted octanol–water partition coefficient (Wildman–Crippen LogP) is 10.2. The Bertz CT molecular complexity index is 1840. The number of fused-ring (bicyclic) bond motifs is 9. The Hall–Kier alpha value is -3.07. The number of rotatable bonds is 1. The van der Waals surface area contributed by atoms with Crippen LogP contribution in [-0.4, -0.2) is 0 Å². The molecule has 2 heteroatoms. The van der Waals surface area contributed by atoms with Crippen LogP contribution >= 0.6 is 28.6 Å². The van der Waals surface area contributed by atoms with Crippen LogP contribution in [0.2, 0.25) is 0 Å². The Balaban J connectivity index is 1.61. The van der Waals surface area contributed by atoms with Crippen LogP contribution in [0.25, 0.3) is 54.6 Å². The van der Waals surface area contributed by atoms with Crippen LogP contribution in [-0.2, 0) is 5.41 Å². The van der Waals surface area contributed by atoms with Crippen molar-refractivity contribution in [3.63, 3.8) is 0 Å². The van der Waals surface area contributed by atoms with Crippen LogP contribution in [0.4, 0.5) is 0 Å². The average molecular weight is 532 g/mol. The van der Waals surface area contributed by atoms with Crippen molar-refractivity contribution in [2.75, 3.05) is 0 Å². The van der Waals surface area contributed by atoms with E-state index in [1.807, 2.05) is 6.07 Å². The lowest BCUT2D eigenvalue weighted by molar-refractivity contribution is 0.661. The van der Waals surface area contributed by atoms with Gasteiger partial charge in [0.1, 0.15) is 0 Å². The molecule has 35 heavy (non-hydrogen) atoms. The first kappa shape index (κ1) is 21.2. The van der Waals surface area contributed by atoms with Crippen molar-refractivity contribution in [3.05, 3.63) is 113 Å². The third-order valence-corrected chi connectivity index (χ3v) is 9.29. The molecular weight excluding hydrogens is 508 g/mol. The van der Waals surface area contributed by atoms with Crippen LogP contribution in [0.15, 0.2) is 106 Å². The van der Waals surface area contributed by atoms with Crippen LogP contribution < -0.4 is 0 Å². The van der Waals surface area contributed by atoms with Gasteiger partial charge in [-0.2, -0.15) is 0 Å². The maximum Gasteiger partial charge on any atom is 0.0314 e. The van der Waals surface area contributed by atoms with E-state index in [2.05, 4.69) is 121 Å². The lowest BCUT2D eigenvalue weighted by Crippen LogP contribution is -2.14. The molecule has 6 aromatic rings. The molecule has 0 unspecified atom stereocenters. The highest BCUT2D eigenvalue weighted by molar-refractivity contribution is 9.10. The van der Waals surface area contributed by atoms with Gasteiger partial charge in [0, 0.05) is 14.8 Å². The van der Waals surface area contributed by atoms with E-state index in [1.165, 1.54) is 60.1 Å². The summed E-state index contributed by atoms with van der Waals surface area (Å²) in [5.41, 5.74) is 7.86. The first-order valence-electron chi connectivity index (χ1n) is 12.0. The summed E-state index contributed by atoms with van der Waals surface area (Å²) in [5.74, 6) is 0. The highest BCUT2D eigenvalue weighted by Gasteiger charge is 2.35. The van der Waals surface area contributed by atoms with Gasteiger partial charge in [-0.3, -0.25) is 0 Å². The number of hydrogen-bond donors (Lipinski definition) is 1. The Kier molecular flexibility index (Phi) is 4.53. The van der Waals surface area contributed by atoms with Crippen LogP contribution in [0, 0.1) is 0 Å². The first-order valence-corrected chi connectivity index (χ1v) is 13.2. The molecule has 0 heterocycles. The number of halogens is 1. The molecular formula is C33H23BrS. The molecule has 0 saturated carbocycles. The summed E-state index contributed by atoms with van der Waals surface area (Å²) in [4.78, 5) is 0.967. The van der Waals surface area contributed by atoms with Crippen LogP contribution in [0.5, 0.6) is 0 Å². The SMILES string of the molecule is CC1(C)c2ccccc2-c2cc3c4ccccc4c4cc(-c5cccc(Br)c5S)ccc4c3cc21. The molecule has 0 atom stereocenters. The van der Waals surface area contributed by atoms with E-state index < -0.39 is 0 Å². The lowest BCUT2D eigenvalue weighted by atomic mass is 9.81. The molecule has 0 aliphatic heterocycles. The van der Waals surface area contributed by atoms with Gasteiger partial charge in [0.05, 0.1) is 0 Å². The second-order valence-corrected chi connectivity index (χ2v) is 11.4. The van der Waals surface area contributed by atoms with Gasteiger partial charge in [-0.15, -0.1) is 12.6 Å². The topological polar surface area (TPSA) is 0 Å². The highest BCUT2D eigenvalue weighted by atomic mass is 79.9. The van der Waals surface area contributed by atoms with Crippen molar-refractivity contribution in [2.45, 2.75) is 24.2 Å². The maximum atomic E-state index is 4.79. The van der Waals surface area contributed by atoms with Crippen molar-refractivity contribution in [1.82, 2.24) is 0 Å². The predicted molar refractivity (Wildman–Crippen MR) is 157 cm³/mol.